The number of aromatic hydroxyl groups is 1. The summed E-state index contributed by atoms with van der Waals surface area (Å²) in [5.41, 5.74) is 0.331. The molecule has 0 fully saturated rings. The van der Waals surface area contributed by atoms with Crippen molar-refractivity contribution in [2.45, 2.75) is 33.1 Å². The molecule has 0 unspecified atom stereocenters. The quantitative estimate of drug-likeness (QED) is 0.244. The molecule has 2 aromatic rings. The highest BCUT2D eigenvalue weighted by atomic mass is 35.5. The molecular formula is C22H24ClN3O8S. The molecule has 11 nitrogen and oxygen atoms in total. The van der Waals surface area contributed by atoms with Gasteiger partial charge in [0.25, 0.3) is 5.91 Å². The molecule has 0 bridgehead atoms. The van der Waals surface area contributed by atoms with Gasteiger partial charge in [0.2, 0.25) is 15.9 Å². The van der Waals surface area contributed by atoms with Crippen molar-refractivity contribution in [3.05, 3.63) is 33.8 Å². The summed E-state index contributed by atoms with van der Waals surface area (Å²) in [7, 11) is -2.46. The van der Waals surface area contributed by atoms with Crippen LogP contribution in [-0.2, 0) is 32.5 Å². The maximum absolute atomic E-state index is 13.5. The zero-order valence-electron chi connectivity index (χ0n) is 19.4. The van der Waals surface area contributed by atoms with E-state index in [9.17, 15) is 27.9 Å². The van der Waals surface area contributed by atoms with Gasteiger partial charge in [-0.1, -0.05) is 18.5 Å². The molecule has 0 saturated heterocycles. The zero-order chi connectivity index (χ0) is 26.1. The molecule has 1 aliphatic rings. The zero-order valence-corrected chi connectivity index (χ0v) is 20.9. The van der Waals surface area contributed by atoms with Gasteiger partial charge < -0.3 is 25.2 Å². The lowest BCUT2D eigenvalue weighted by atomic mass is 9.96. The summed E-state index contributed by atoms with van der Waals surface area (Å²) in [4.78, 5) is 37.1. The predicted octanol–water partition coefficient (Wildman–Crippen LogP) is 3.05. The van der Waals surface area contributed by atoms with Gasteiger partial charge in [0.1, 0.15) is 11.5 Å². The standard InChI is InChI=1S/C22H24ClN3O8S/c1-5-11-19(23)16(34-10(2)27)9-14(21(11)29)24-22(30)18-13(26-35(4,31)32)8-15(33-3)12-6-7-17(28)25-20(12)18/h8-9,26,29H,5-7H2,1-4H3,(H,24,30)(H,25,28). The first-order valence-corrected chi connectivity index (χ1v) is 12.7. The minimum Gasteiger partial charge on any atom is -0.505 e. The first-order valence-electron chi connectivity index (χ1n) is 10.4. The van der Waals surface area contributed by atoms with Crippen LogP contribution in [0, 0.1) is 0 Å². The van der Waals surface area contributed by atoms with Gasteiger partial charge in [0.05, 0.1) is 41.0 Å². The Balaban J connectivity index is 2.19. The normalized spacial score (nSPS) is 12.9. The summed E-state index contributed by atoms with van der Waals surface area (Å²) in [6, 6.07) is 2.52. The third kappa shape index (κ3) is 5.60. The predicted molar refractivity (Wildman–Crippen MR) is 130 cm³/mol. The van der Waals surface area contributed by atoms with Crippen LogP contribution in [0.4, 0.5) is 17.1 Å². The number of fused-ring (bicyclic) bond motifs is 1. The first-order chi connectivity index (χ1) is 16.4. The Morgan fingerprint density at radius 3 is 2.43 bits per heavy atom. The lowest BCUT2D eigenvalue weighted by molar-refractivity contribution is -0.131. The Morgan fingerprint density at radius 2 is 1.86 bits per heavy atom. The van der Waals surface area contributed by atoms with Crippen molar-refractivity contribution in [1.29, 1.82) is 0 Å². The molecule has 0 aliphatic carbocycles. The van der Waals surface area contributed by atoms with E-state index >= 15 is 0 Å². The molecule has 13 heteroatoms. The Labute approximate surface area is 206 Å². The number of carbonyl (C=O) groups is 3. The van der Waals surface area contributed by atoms with Crippen LogP contribution in [0.15, 0.2) is 12.1 Å². The molecule has 0 radical (unpaired) electrons. The van der Waals surface area contributed by atoms with Gasteiger partial charge in [0, 0.05) is 36.6 Å². The third-order valence-corrected chi connectivity index (χ3v) is 6.16. The number of benzene rings is 2. The van der Waals surface area contributed by atoms with Crippen molar-refractivity contribution in [3.63, 3.8) is 0 Å². The van der Waals surface area contributed by atoms with Crippen LogP contribution in [0.2, 0.25) is 5.02 Å². The fourth-order valence-corrected chi connectivity index (χ4v) is 4.61. The monoisotopic (exact) mass is 525 g/mol. The van der Waals surface area contributed by atoms with Crippen LogP contribution in [-0.4, -0.2) is 44.7 Å². The highest BCUT2D eigenvalue weighted by Crippen LogP contribution is 2.43. The van der Waals surface area contributed by atoms with E-state index in [1.807, 2.05) is 0 Å². The largest absolute Gasteiger partial charge is 0.505 e. The van der Waals surface area contributed by atoms with Crippen molar-refractivity contribution in [2.24, 2.45) is 0 Å². The first kappa shape index (κ1) is 26.1. The second-order valence-electron chi connectivity index (χ2n) is 7.74. The van der Waals surface area contributed by atoms with Gasteiger partial charge in [-0.2, -0.15) is 0 Å². The maximum Gasteiger partial charge on any atom is 0.308 e. The second-order valence-corrected chi connectivity index (χ2v) is 9.87. The van der Waals surface area contributed by atoms with Crippen LogP contribution >= 0.6 is 11.6 Å². The summed E-state index contributed by atoms with van der Waals surface area (Å²) < 4.78 is 36.7. The Hall–Kier alpha value is -3.51. The van der Waals surface area contributed by atoms with Crippen molar-refractivity contribution in [1.82, 2.24) is 0 Å². The molecule has 188 valence electrons. The number of esters is 1. The van der Waals surface area contributed by atoms with Crippen molar-refractivity contribution in [2.75, 3.05) is 28.7 Å². The molecule has 0 aromatic heterocycles. The van der Waals surface area contributed by atoms with Crippen LogP contribution in [0.3, 0.4) is 0 Å². The minimum absolute atomic E-state index is 0.00622. The van der Waals surface area contributed by atoms with Gasteiger partial charge >= 0.3 is 5.97 Å². The van der Waals surface area contributed by atoms with E-state index in [0.717, 1.165) is 6.26 Å². The van der Waals surface area contributed by atoms with Crippen molar-refractivity contribution in [3.8, 4) is 17.2 Å². The number of halogens is 1. The summed E-state index contributed by atoms with van der Waals surface area (Å²) in [5.74, 6) is -2.05. The van der Waals surface area contributed by atoms with E-state index in [-0.39, 0.29) is 75.6 Å². The van der Waals surface area contributed by atoms with Crippen molar-refractivity contribution >= 4 is 56.5 Å². The molecule has 0 spiro atoms. The number of rotatable bonds is 7. The third-order valence-electron chi connectivity index (χ3n) is 5.16. The summed E-state index contributed by atoms with van der Waals surface area (Å²) >= 11 is 6.24. The summed E-state index contributed by atoms with van der Waals surface area (Å²) in [6.45, 7) is 2.87. The molecular weight excluding hydrogens is 502 g/mol. The lowest BCUT2D eigenvalue weighted by Crippen LogP contribution is -2.26. The molecule has 0 saturated carbocycles. The van der Waals surface area contributed by atoms with Crippen LogP contribution in [0.1, 0.15) is 41.8 Å². The van der Waals surface area contributed by atoms with Gasteiger partial charge in [-0.05, 0) is 12.8 Å². The molecule has 35 heavy (non-hydrogen) atoms. The molecule has 2 amide bonds. The number of nitrogens with one attached hydrogen (secondary N) is 3. The lowest BCUT2D eigenvalue weighted by Gasteiger charge is -2.25. The number of anilines is 3. The molecule has 3 rings (SSSR count). The van der Waals surface area contributed by atoms with Crippen LogP contribution in [0.25, 0.3) is 0 Å². The van der Waals surface area contributed by atoms with Gasteiger partial charge in [-0.15, -0.1) is 0 Å². The number of methoxy groups -OCH3 is 1. The minimum atomic E-state index is -3.84. The fourth-order valence-electron chi connectivity index (χ4n) is 3.73. The number of phenolic OH excluding ortho intramolecular Hbond substituents is 1. The van der Waals surface area contributed by atoms with E-state index < -0.39 is 21.9 Å². The number of hydrogen-bond donors (Lipinski definition) is 4. The number of carbonyl (C=O) groups excluding carboxylic acids is 3. The summed E-state index contributed by atoms with van der Waals surface area (Å²) in [5, 5.41) is 15.8. The number of amides is 2. The Kier molecular flexibility index (Phi) is 7.46. The van der Waals surface area contributed by atoms with E-state index in [0.29, 0.717) is 5.56 Å². The van der Waals surface area contributed by atoms with E-state index in [1.54, 1.807) is 6.92 Å². The Bertz CT molecular complexity index is 1340. The Morgan fingerprint density at radius 1 is 1.20 bits per heavy atom. The highest BCUT2D eigenvalue weighted by molar-refractivity contribution is 7.92. The van der Waals surface area contributed by atoms with Gasteiger partial charge in [0.15, 0.2) is 5.75 Å². The molecule has 4 N–H and O–H groups in total. The number of hydrogen-bond acceptors (Lipinski definition) is 8. The van der Waals surface area contributed by atoms with Crippen molar-refractivity contribution < 1.29 is 37.4 Å². The molecule has 1 aliphatic heterocycles. The number of phenols is 1. The summed E-state index contributed by atoms with van der Waals surface area (Å²) in [6.07, 6.45) is 1.56. The van der Waals surface area contributed by atoms with E-state index in [4.69, 9.17) is 21.1 Å². The van der Waals surface area contributed by atoms with Gasteiger partial charge in [-0.3, -0.25) is 19.1 Å². The smallest absolute Gasteiger partial charge is 0.308 e. The SMILES string of the molecule is CCc1c(O)c(NC(=O)c2c(NS(C)(=O)=O)cc(OC)c3c2NC(=O)CC3)cc(OC(C)=O)c1Cl. The van der Waals surface area contributed by atoms with Gasteiger partial charge in [-0.25, -0.2) is 8.42 Å². The maximum atomic E-state index is 13.5. The number of ether oxygens (including phenoxy) is 2. The fraction of sp³-hybridized carbons (Fsp3) is 0.318. The average Bonchev–Trinajstić information content (AvgIpc) is 2.75. The average molecular weight is 526 g/mol. The van der Waals surface area contributed by atoms with Crippen LogP contribution < -0.4 is 24.8 Å². The number of sulfonamides is 1. The topological polar surface area (TPSA) is 160 Å². The second kappa shape index (κ2) is 10.0. The van der Waals surface area contributed by atoms with E-state index in [2.05, 4.69) is 15.4 Å². The molecule has 0 atom stereocenters. The molecule has 2 aromatic carbocycles. The van der Waals surface area contributed by atoms with Crippen LogP contribution in [0.5, 0.6) is 17.2 Å². The molecule has 1 heterocycles. The van der Waals surface area contributed by atoms with E-state index in [1.165, 1.54) is 26.2 Å². The highest BCUT2D eigenvalue weighted by Gasteiger charge is 2.30.